The van der Waals surface area contributed by atoms with Gasteiger partial charge >= 0.3 is 6.09 Å². The number of β-lactam (4-membered cyclic amide) rings is 1. The number of hydrogen-bond donors (Lipinski definition) is 0. The Labute approximate surface area is 120 Å². The lowest BCUT2D eigenvalue weighted by Crippen LogP contribution is -2.72. The molecule has 4 heteroatoms. The van der Waals surface area contributed by atoms with Crippen molar-refractivity contribution in [1.82, 2.24) is 4.90 Å². The Morgan fingerprint density at radius 3 is 2.40 bits per heavy atom. The molecule has 2 amide bonds. The second-order valence-electron chi connectivity index (χ2n) is 8.54. The quantitative estimate of drug-likeness (QED) is 0.640. The second kappa shape index (κ2) is 3.58. The van der Waals surface area contributed by atoms with Gasteiger partial charge in [0.05, 0.1) is 11.5 Å². The molecule has 1 aliphatic heterocycles. The molecule has 112 valence electrons. The molecule has 3 fully saturated rings. The van der Waals surface area contributed by atoms with Crippen molar-refractivity contribution >= 4 is 12.0 Å². The monoisotopic (exact) mass is 279 g/mol. The molecule has 3 aliphatic rings. The number of rotatable bonds is 0. The van der Waals surface area contributed by atoms with Crippen molar-refractivity contribution in [2.24, 2.45) is 23.2 Å². The Hall–Kier alpha value is -1.06. The topological polar surface area (TPSA) is 46.6 Å². The van der Waals surface area contributed by atoms with Crippen molar-refractivity contribution in [1.29, 1.82) is 0 Å². The Morgan fingerprint density at radius 1 is 1.25 bits per heavy atom. The number of hydrogen-bond acceptors (Lipinski definition) is 3. The molecule has 2 aliphatic carbocycles. The van der Waals surface area contributed by atoms with Crippen LogP contribution in [0.2, 0.25) is 0 Å². The summed E-state index contributed by atoms with van der Waals surface area (Å²) in [5.74, 6) is 1.27. The first kappa shape index (κ1) is 13.9. The summed E-state index contributed by atoms with van der Waals surface area (Å²) in [7, 11) is 0. The first-order chi connectivity index (χ1) is 8.98. The molecule has 0 aromatic heterocycles. The number of imide groups is 1. The van der Waals surface area contributed by atoms with Crippen molar-refractivity contribution < 1.29 is 14.3 Å². The van der Waals surface area contributed by atoms with Gasteiger partial charge in [-0.1, -0.05) is 13.8 Å². The Balaban J connectivity index is 1.79. The maximum absolute atomic E-state index is 12.3. The Morgan fingerprint density at radius 2 is 1.85 bits per heavy atom. The fourth-order valence-electron chi connectivity index (χ4n) is 4.39. The van der Waals surface area contributed by atoms with Crippen molar-refractivity contribution in [3.8, 4) is 0 Å². The summed E-state index contributed by atoms with van der Waals surface area (Å²) in [4.78, 5) is 26.0. The number of nitrogens with zero attached hydrogens (tertiary/aromatic N) is 1. The van der Waals surface area contributed by atoms with E-state index in [-0.39, 0.29) is 17.4 Å². The van der Waals surface area contributed by atoms with Crippen LogP contribution in [0.1, 0.15) is 54.4 Å². The molecular formula is C16H25NO3. The highest BCUT2D eigenvalue weighted by atomic mass is 16.6. The third kappa shape index (κ3) is 1.66. The van der Waals surface area contributed by atoms with Crippen molar-refractivity contribution in [3.63, 3.8) is 0 Å². The summed E-state index contributed by atoms with van der Waals surface area (Å²) in [6, 6.07) is 0. The molecule has 2 saturated carbocycles. The van der Waals surface area contributed by atoms with Gasteiger partial charge in [-0.05, 0) is 57.8 Å². The zero-order valence-electron chi connectivity index (χ0n) is 13.3. The SMILES string of the molecule is CC(C)(C)OC(=O)N1C(=O)C2CC3C(CC21C)C3(C)C. The standard InChI is InChI=1S/C16H25NO3/c1-14(2,3)20-13(19)17-12(18)10-7-9-11(15(9,4)5)8-16(10,17)6/h9-11H,7-8H2,1-6H3. The van der Waals surface area contributed by atoms with Crippen LogP contribution in [0, 0.1) is 23.2 Å². The third-order valence-corrected chi connectivity index (χ3v) is 5.77. The van der Waals surface area contributed by atoms with Gasteiger partial charge in [0.1, 0.15) is 5.60 Å². The van der Waals surface area contributed by atoms with Crippen LogP contribution in [0.4, 0.5) is 4.79 Å². The van der Waals surface area contributed by atoms with Gasteiger partial charge < -0.3 is 4.74 Å². The van der Waals surface area contributed by atoms with Gasteiger partial charge in [0.25, 0.3) is 0 Å². The number of carbonyl (C=O) groups is 2. The number of amides is 2. The van der Waals surface area contributed by atoms with Gasteiger partial charge in [-0.3, -0.25) is 4.79 Å². The van der Waals surface area contributed by atoms with Crippen LogP contribution in [0.5, 0.6) is 0 Å². The van der Waals surface area contributed by atoms with E-state index in [1.807, 2.05) is 27.7 Å². The molecule has 4 atom stereocenters. The first-order valence-corrected chi connectivity index (χ1v) is 7.55. The fraction of sp³-hybridized carbons (Fsp3) is 0.875. The van der Waals surface area contributed by atoms with Crippen molar-refractivity contribution in [2.75, 3.05) is 0 Å². The lowest BCUT2D eigenvalue weighted by atomic mass is 9.66. The molecule has 3 rings (SSSR count). The van der Waals surface area contributed by atoms with E-state index in [0.717, 1.165) is 12.8 Å². The zero-order valence-corrected chi connectivity index (χ0v) is 13.3. The molecule has 0 bridgehead atoms. The summed E-state index contributed by atoms with van der Waals surface area (Å²) in [5.41, 5.74) is -0.552. The van der Waals surface area contributed by atoms with E-state index >= 15 is 0 Å². The smallest absolute Gasteiger partial charge is 0.417 e. The fourth-order valence-corrected chi connectivity index (χ4v) is 4.39. The van der Waals surface area contributed by atoms with Crippen LogP contribution < -0.4 is 0 Å². The van der Waals surface area contributed by atoms with Gasteiger partial charge in [-0.25, -0.2) is 9.69 Å². The highest BCUT2D eigenvalue weighted by molar-refractivity contribution is 6.01. The molecule has 1 saturated heterocycles. The molecular weight excluding hydrogens is 254 g/mol. The number of carbonyl (C=O) groups excluding carboxylic acids is 2. The molecule has 0 aromatic rings. The zero-order chi connectivity index (χ0) is 15.1. The maximum atomic E-state index is 12.3. The molecule has 4 nitrogen and oxygen atoms in total. The highest BCUT2D eigenvalue weighted by Gasteiger charge is 2.72. The number of likely N-dealkylation sites (tertiary alicyclic amines) is 1. The van der Waals surface area contributed by atoms with E-state index in [4.69, 9.17) is 4.74 Å². The van der Waals surface area contributed by atoms with E-state index < -0.39 is 11.7 Å². The normalized spacial score (nSPS) is 41.4. The largest absolute Gasteiger partial charge is 0.443 e. The molecule has 0 radical (unpaired) electrons. The van der Waals surface area contributed by atoms with Crippen LogP contribution in [0.15, 0.2) is 0 Å². The molecule has 0 aromatic carbocycles. The van der Waals surface area contributed by atoms with Gasteiger partial charge in [0.15, 0.2) is 0 Å². The number of fused-ring (bicyclic) bond motifs is 2. The average Bonchev–Trinajstić information content (AvgIpc) is 2.74. The highest BCUT2D eigenvalue weighted by Crippen LogP contribution is 2.70. The van der Waals surface area contributed by atoms with E-state index in [9.17, 15) is 9.59 Å². The van der Waals surface area contributed by atoms with Crippen LogP contribution in [-0.2, 0) is 9.53 Å². The van der Waals surface area contributed by atoms with Gasteiger partial charge in [-0.2, -0.15) is 0 Å². The van der Waals surface area contributed by atoms with Crippen LogP contribution in [-0.4, -0.2) is 28.0 Å². The maximum Gasteiger partial charge on any atom is 0.417 e. The second-order valence-corrected chi connectivity index (χ2v) is 8.54. The van der Waals surface area contributed by atoms with Gasteiger partial charge in [0.2, 0.25) is 5.91 Å². The minimum absolute atomic E-state index is 0.0121. The van der Waals surface area contributed by atoms with Crippen molar-refractivity contribution in [2.45, 2.75) is 65.5 Å². The first-order valence-electron chi connectivity index (χ1n) is 7.55. The predicted molar refractivity (Wildman–Crippen MR) is 75.0 cm³/mol. The minimum atomic E-state index is -0.561. The van der Waals surface area contributed by atoms with E-state index in [1.165, 1.54) is 4.90 Å². The third-order valence-electron chi connectivity index (χ3n) is 5.77. The van der Waals surface area contributed by atoms with Crippen LogP contribution in [0.3, 0.4) is 0 Å². The molecule has 1 heterocycles. The average molecular weight is 279 g/mol. The Bertz CT molecular complexity index is 490. The van der Waals surface area contributed by atoms with Crippen LogP contribution >= 0.6 is 0 Å². The van der Waals surface area contributed by atoms with E-state index in [2.05, 4.69) is 13.8 Å². The van der Waals surface area contributed by atoms with E-state index in [1.54, 1.807) is 0 Å². The summed E-state index contributed by atoms with van der Waals surface area (Å²) >= 11 is 0. The lowest BCUT2D eigenvalue weighted by molar-refractivity contribution is -0.171. The van der Waals surface area contributed by atoms with Gasteiger partial charge in [-0.15, -0.1) is 0 Å². The molecule has 20 heavy (non-hydrogen) atoms. The van der Waals surface area contributed by atoms with Crippen LogP contribution in [0.25, 0.3) is 0 Å². The summed E-state index contributed by atoms with van der Waals surface area (Å²) < 4.78 is 5.39. The molecule has 0 N–H and O–H groups in total. The predicted octanol–water partition coefficient (Wildman–Crippen LogP) is 3.20. The lowest BCUT2D eigenvalue weighted by Gasteiger charge is -2.56. The summed E-state index contributed by atoms with van der Waals surface area (Å²) in [6.45, 7) is 12.1. The number of ether oxygens (including phenoxy) is 1. The molecule has 4 unspecified atom stereocenters. The van der Waals surface area contributed by atoms with Crippen molar-refractivity contribution in [3.05, 3.63) is 0 Å². The summed E-state index contributed by atoms with van der Waals surface area (Å²) in [5, 5.41) is 0. The van der Waals surface area contributed by atoms with E-state index in [0.29, 0.717) is 17.3 Å². The summed E-state index contributed by atoms with van der Waals surface area (Å²) in [6.07, 6.45) is 1.39. The molecule has 0 spiro atoms. The Kier molecular flexibility index (Phi) is 2.49. The van der Waals surface area contributed by atoms with Gasteiger partial charge in [0, 0.05) is 0 Å². The minimum Gasteiger partial charge on any atom is -0.443 e.